The third kappa shape index (κ3) is 5.70. The van der Waals surface area contributed by atoms with Gasteiger partial charge in [-0.05, 0) is 69.8 Å². The number of ether oxygens (including phenoxy) is 1. The van der Waals surface area contributed by atoms with Gasteiger partial charge in [0, 0.05) is 12.6 Å². The Hall–Kier alpha value is -2.65. The van der Waals surface area contributed by atoms with Gasteiger partial charge in [-0.25, -0.2) is 4.79 Å². The summed E-state index contributed by atoms with van der Waals surface area (Å²) >= 11 is 0. The number of aliphatic carboxylic acids is 2. The summed E-state index contributed by atoms with van der Waals surface area (Å²) < 4.78 is 5.77. The number of piperidine rings is 2. The Morgan fingerprint density at radius 1 is 1.12 bits per heavy atom. The van der Waals surface area contributed by atoms with Crippen LogP contribution in [0.2, 0.25) is 0 Å². The second-order valence-electron chi connectivity index (χ2n) is 9.96. The number of rotatable bonds is 9. The number of carboxylic acid groups (broad SMARTS) is 2. The van der Waals surface area contributed by atoms with Gasteiger partial charge in [0.15, 0.2) is 0 Å². The third-order valence-corrected chi connectivity index (χ3v) is 7.74. The quantitative estimate of drug-likeness (QED) is 0.499. The molecule has 1 amide bonds. The Morgan fingerprint density at radius 3 is 2.41 bits per heavy atom. The van der Waals surface area contributed by atoms with Crippen molar-refractivity contribution in [2.45, 2.75) is 50.7 Å². The Labute approximate surface area is 200 Å². The molecule has 1 aromatic rings. The molecule has 9 heteroatoms. The largest absolute Gasteiger partial charge is 0.481 e. The summed E-state index contributed by atoms with van der Waals surface area (Å²) in [6, 6.07) is 10.3. The van der Waals surface area contributed by atoms with Crippen molar-refractivity contribution in [3.05, 3.63) is 35.9 Å². The normalized spacial score (nSPS) is 24.5. The number of benzene rings is 1. The zero-order valence-electron chi connectivity index (χ0n) is 19.5. The smallest absolute Gasteiger partial charge is 0.410 e. The van der Waals surface area contributed by atoms with E-state index in [0.717, 1.165) is 32.4 Å². The van der Waals surface area contributed by atoms with Gasteiger partial charge in [-0.1, -0.05) is 30.3 Å². The number of amides is 1. The molecule has 0 spiro atoms. The number of carbonyl (C=O) groups is 3. The van der Waals surface area contributed by atoms with E-state index in [-0.39, 0.29) is 37.5 Å². The minimum atomic E-state index is -1.21. The summed E-state index contributed by atoms with van der Waals surface area (Å²) in [5.41, 5.74) is -0.00183. The summed E-state index contributed by atoms with van der Waals surface area (Å²) in [7, 11) is 0. The number of hydrogen-bond donors (Lipinski definition) is 3. The van der Waals surface area contributed by atoms with E-state index in [4.69, 9.17) is 9.84 Å². The average molecular weight is 474 g/mol. The molecule has 34 heavy (non-hydrogen) atoms. The predicted molar refractivity (Wildman–Crippen MR) is 124 cm³/mol. The van der Waals surface area contributed by atoms with Crippen molar-refractivity contribution in [3.63, 3.8) is 0 Å². The summed E-state index contributed by atoms with van der Waals surface area (Å²) in [6.45, 7) is 3.94. The second kappa shape index (κ2) is 10.7. The van der Waals surface area contributed by atoms with Gasteiger partial charge in [0.05, 0.1) is 18.4 Å². The van der Waals surface area contributed by atoms with E-state index in [2.05, 4.69) is 22.3 Å². The van der Waals surface area contributed by atoms with Crippen LogP contribution in [0.25, 0.3) is 0 Å². The molecule has 3 aliphatic heterocycles. The molecule has 0 aliphatic carbocycles. The highest BCUT2D eigenvalue weighted by atomic mass is 16.6. The highest BCUT2D eigenvalue weighted by Gasteiger charge is 2.45. The zero-order valence-corrected chi connectivity index (χ0v) is 19.5. The Morgan fingerprint density at radius 2 is 1.79 bits per heavy atom. The summed E-state index contributed by atoms with van der Waals surface area (Å²) in [6.07, 6.45) is 2.51. The van der Waals surface area contributed by atoms with Crippen molar-refractivity contribution in [2.75, 3.05) is 39.3 Å². The van der Waals surface area contributed by atoms with Gasteiger partial charge in [-0.15, -0.1) is 0 Å². The SMILES string of the molecule is O=C(O)CC1(C(=O)O)CCN(CC2CN(C(Cc3ccccc3)C3CCNCC3)C(=O)O2)CC1. The van der Waals surface area contributed by atoms with Crippen LogP contribution in [0.3, 0.4) is 0 Å². The summed E-state index contributed by atoms with van der Waals surface area (Å²) in [5.74, 6) is -1.72. The maximum absolute atomic E-state index is 12.9. The van der Waals surface area contributed by atoms with Crippen LogP contribution in [-0.4, -0.2) is 89.5 Å². The summed E-state index contributed by atoms with van der Waals surface area (Å²) in [4.78, 5) is 39.9. The van der Waals surface area contributed by atoms with E-state index in [0.29, 0.717) is 32.1 Å². The zero-order chi connectivity index (χ0) is 24.1. The molecular formula is C25H35N3O6. The molecule has 2 unspecified atom stereocenters. The van der Waals surface area contributed by atoms with Gasteiger partial charge < -0.3 is 25.2 Å². The molecule has 3 fully saturated rings. The lowest BCUT2D eigenvalue weighted by molar-refractivity contribution is -0.159. The number of likely N-dealkylation sites (tertiary alicyclic amines) is 1. The van der Waals surface area contributed by atoms with Crippen molar-refractivity contribution >= 4 is 18.0 Å². The van der Waals surface area contributed by atoms with Crippen LogP contribution in [0, 0.1) is 11.3 Å². The molecule has 0 radical (unpaired) electrons. The van der Waals surface area contributed by atoms with Crippen LogP contribution >= 0.6 is 0 Å². The molecule has 0 aromatic heterocycles. The van der Waals surface area contributed by atoms with Gasteiger partial charge >= 0.3 is 18.0 Å². The topological polar surface area (TPSA) is 119 Å². The van der Waals surface area contributed by atoms with Gasteiger partial charge in [-0.3, -0.25) is 14.5 Å². The number of carboxylic acids is 2. The van der Waals surface area contributed by atoms with Crippen LogP contribution in [0.1, 0.15) is 37.7 Å². The molecule has 2 atom stereocenters. The number of hydrogen-bond acceptors (Lipinski definition) is 6. The van der Waals surface area contributed by atoms with Gasteiger partial charge in [0.1, 0.15) is 6.10 Å². The van der Waals surface area contributed by atoms with Crippen LogP contribution < -0.4 is 5.32 Å². The van der Waals surface area contributed by atoms with Crippen molar-refractivity contribution in [3.8, 4) is 0 Å². The van der Waals surface area contributed by atoms with E-state index in [1.165, 1.54) is 5.56 Å². The van der Waals surface area contributed by atoms with Crippen molar-refractivity contribution < 1.29 is 29.3 Å². The van der Waals surface area contributed by atoms with E-state index < -0.39 is 17.4 Å². The van der Waals surface area contributed by atoms with E-state index in [1.807, 2.05) is 23.1 Å². The average Bonchev–Trinajstić information content (AvgIpc) is 3.19. The fourth-order valence-corrected chi connectivity index (χ4v) is 5.73. The number of carbonyl (C=O) groups excluding carboxylic acids is 1. The molecule has 4 rings (SSSR count). The fraction of sp³-hybridized carbons (Fsp3) is 0.640. The van der Waals surface area contributed by atoms with Crippen molar-refractivity contribution in [2.24, 2.45) is 11.3 Å². The molecule has 0 saturated carbocycles. The second-order valence-corrected chi connectivity index (χ2v) is 9.96. The van der Waals surface area contributed by atoms with Crippen molar-refractivity contribution in [1.82, 2.24) is 15.1 Å². The molecule has 3 N–H and O–H groups in total. The highest BCUT2D eigenvalue weighted by Crippen LogP contribution is 2.36. The Bertz CT molecular complexity index is 865. The predicted octanol–water partition coefficient (Wildman–Crippen LogP) is 2.06. The molecule has 186 valence electrons. The first kappa shape index (κ1) is 24.5. The van der Waals surface area contributed by atoms with Crippen LogP contribution in [-0.2, 0) is 20.7 Å². The molecule has 1 aromatic carbocycles. The van der Waals surface area contributed by atoms with Crippen LogP contribution in [0.4, 0.5) is 4.79 Å². The minimum Gasteiger partial charge on any atom is -0.481 e. The highest BCUT2D eigenvalue weighted by molar-refractivity contribution is 5.81. The van der Waals surface area contributed by atoms with Crippen LogP contribution in [0.5, 0.6) is 0 Å². The van der Waals surface area contributed by atoms with Gasteiger partial charge in [0.25, 0.3) is 0 Å². The number of nitrogens with one attached hydrogen (secondary N) is 1. The molecular weight excluding hydrogens is 438 g/mol. The molecule has 0 bridgehead atoms. The fourth-order valence-electron chi connectivity index (χ4n) is 5.73. The first-order chi connectivity index (χ1) is 16.4. The van der Waals surface area contributed by atoms with E-state index >= 15 is 0 Å². The van der Waals surface area contributed by atoms with E-state index in [1.54, 1.807) is 0 Å². The Kier molecular flexibility index (Phi) is 7.73. The number of nitrogens with zero attached hydrogens (tertiary/aromatic N) is 2. The maximum Gasteiger partial charge on any atom is 0.410 e. The third-order valence-electron chi connectivity index (χ3n) is 7.74. The lowest BCUT2D eigenvalue weighted by atomic mass is 9.75. The lowest BCUT2D eigenvalue weighted by Gasteiger charge is -2.38. The first-order valence-corrected chi connectivity index (χ1v) is 12.3. The van der Waals surface area contributed by atoms with Crippen molar-refractivity contribution in [1.29, 1.82) is 0 Å². The van der Waals surface area contributed by atoms with Crippen LogP contribution in [0.15, 0.2) is 30.3 Å². The lowest BCUT2D eigenvalue weighted by Crippen LogP contribution is -2.48. The van der Waals surface area contributed by atoms with E-state index in [9.17, 15) is 19.5 Å². The standard InChI is InChI=1S/C25H35N3O6/c29-22(30)15-25(23(31)32)8-12-27(13-9-25)16-20-17-28(24(33)34-20)21(19-6-10-26-11-7-19)14-18-4-2-1-3-5-18/h1-5,19-21,26H,6-17H2,(H,29,30)(H,31,32). The minimum absolute atomic E-state index is 0.0820. The Balaban J connectivity index is 1.38. The monoisotopic (exact) mass is 473 g/mol. The van der Waals surface area contributed by atoms with Gasteiger partial charge in [0.2, 0.25) is 0 Å². The number of cyclic esters (lactones) is 1. The molecule has 9 nitrogen and oxygen atoms in total. The van der Waals surface area contributed by atoms with Gasteiger partial charge in [-0.2, -0.15) is 0 Å². The maximum atomic E-state index is 12.9. The first-order valence-electron chi connectivity index (χ1n) is 12.3. The molecule has 3 heterocycles. The molecule has 3 aliphatic rings. The summed E-state index contributed by atoms with van der Waals surface area (Å²) in [5, 5.41) is 22.2. The molecule has 3 saturated heterocycles.